The van der Waals surface area contributed by atoms with Gasteiger partial charge in [-0.05, 0) is 62.0 Å². The summed E-state index contributed by atoms with van der Waals surface area (Å²) in [6.45, 7) is 3.82. The molecule has 21 heavy (non-hydrogen) atoms. The highest BCUT2D eigenvalue weighted by Gasteiger charge is 2.19. The van der Waals surface area contributed by atoms with Crippen LogP contribution >= 0.6 is 0 Å². The molecule has 0 radical (unpaired) electrons. The van der Waals surface area contributed by atoms with Crippen molar-refractivity contribution in [1.82, 2.24) is 10.2 Å². The number of fused-ring (bicyclic) bond motifs is 1. The van der Waals surface area contributed by atoms with Crippen LogP contribution in [0, 0.1) is 5.92 Å². The van der Waals surface area contributed by atoms with Gasteiger partial charge in [0.25, 0.3) is 5.91 Å². The van der Waals surface area contributed by atoms with Gasteiger partial charge in [-0.3, -0.25) is 4.79 Å². The van der Waals surface area contributed by atoms with Crippen molar-refractivity contribution in [2.75, 3.05) is 33.3 Å². The molecular weight excluding hydrogens is 264 g/mol. The Morgan fingerprint density at radius 2 is 2.19 bits per heavy atom. The zero-order valence-electron chi connectivity index (χ0n) is 12.7. The number of carbonyl (C=O) groups excluding carboxylic acids is 1. The number of nitrogens with zero attached hydrogens (tertiary/aromatic N) is 1. The summed E-state index contributed by atoms with van der Waals surface area (Å²) in [5.41, 5.74) is 1.94. The molecule has 0 unspecified atom stereocenters. The highest BCUT2D eigenvalue weighted by atomic mass is 16.5. The summed E-state index contributed by atoms with van der Waals surface area (Å²) in [6, 6.07) is 5.80. The topological polar surface area (TPSA) is 41.6 Å². The van der Waals surface area contributed by atoms with E-state index in [9.17, 15) is 4.79 Å². The first-order valence-electron chi connectivity index (χ1n) is 7.96. The first kappa shape index (κ1) is 14.4. The molecule has 0 saturated carbocycles. The Bertz CT molecular complexity index is 510. The summed E-state index contributed by atoms with van der Waals surface area (Å²) in [7, 11) is 1.91. The van der Waals surface area contributed by atoms with Crippen LogP contribution in [0.3, 0.4) is 0 Å². The molecule has 4 nitrogen and oxygen atoms in total. The summed E-state index contributed by atoms with van der Waals surface area (Å²) in [5.74, 6) is 1.82. The number of carbonyl (C=O) groups is 1. The van der Waals surface area contributed by atoms with Crippen molar-refractivity contribution >= 4 is 5.91 Å². The number of nitrogens with one attached hydrogen (secondary N) is 1. The average molecular weight is 288 g/mol. The number of hydrogen-bond donors (Lipinski definition) is 1. The van der Waals surface area contributed by atoms with Crippen LogP contribution in [0.15, 0.2) is 18.2 Å². The quantitative estimate of drug-likeness (QED) is 0.922. The van der Waals surface area contributed by atoms with Crippen LogP contribution in [0.25, 0.3) is 0 Å². The first-order chi connectivity index (χ1) is 10.2. The fourth-order valence-electron chi connectivity index (χ4n) is 3.19. The number of amides is 1. The molecule has 0 spiro atoms. The average Bonchev–Trinajstić information content (AvgIpc) is 3.00. The number of rotatable bonds is 4. The lowest BCUT2D eigenvalue weighted by Crippen LogP contribution is -2.32. The lowest BCUT2D eigenvalue weighted by atomic mass is 9.94. The second-order valence-corrected chi connectivity index (χ2v) is 6.13. The number of piperidine rings is 1. The van der Waals surface area contributed by atoms with Crippen molar-refractivity contribution in [3.63, 3.8) is 0 Å². The molecule has 0 bridgehead atoms. The van der Waals surface area contributed by atoms with Gasteiger partial charge in [-0.25, -0.2) is 0 Å². The van der Waals surface area contributed by atoms with E-state index in [2.05, 4.69) is 5.32 Å². The Labute approximate surface area is 126 Å². The minimum Gasteiger partial charge on any atom is -0.493 e. The van der Waals surface area contributed by atoms with Crippen LogP contribution in [0.5, 0.6) is 5.75 Å². The van der Waals surface area contributed by atoms with Gasteiger partial charge in [-0.2, -0.15) is 0 Å². The Balaban J connectivity index is 1.56. The van der Waals surface area contributed by atoms with E-state index >= 15 is 0 Å². The third-order valence-corrected chi connectivity index (χ3v) is 4.61. The minimum absolute atomic E-state index is 0.124. The third-order valence-electron chi connectivity index (χ3n) is 4.61. The molecule has 4 heteroatoms. The molecule has 0 aliphatic carbocycles. The molecular formula is C17H24N2O2. The molecule has 2 aliphatic rings. The van der Waals surface area contributed by atoms with Crippen LogP contribution in [0.2, 0.25) is 0 Å². The van der Waals surface area contributed by atoms with Crippen molar-refractivity contribution in [3.05, 3.63) is 29.3 Å². The Morgan fingerprint density at radius 1 is 1.38 bits per heavy atom. The van der Waals surface area contributed by atoms with Crippen molar-refractivity contribution < 1.29 is 9.53 Å². The highest BCUT2D eigenvalue weighted by Crippen LogP contribution is 2.26. The van der Waals surface area contributed by atoms with E-state index in [-0.39, 0.29) is 5.91 Å². The molecule has 1 aromatic carbocycles. The highest BCUT2D eigenvalue weighted by molar-refractivity contribution is 5.94. The van der Waals surface area contributed by atoms with Gasteiger partial charge in [0.05, 0.1) is 6.61 Å². The summed E-state index contributed by atoms with van der Waals surface area (Å²) in [5, 5.41) is 3.38. The van der Waals surface area contributed by atoms with Gasteiger partial charge in [-0.15, -0.1) is 0 Å². The lowest BCUT2D eigenvalue weighted by Gasteiger charge is -2.25. The number of hydrogen-bond acceptors (Lipinski definition) is 3. The third kappa shape index (κ3) is 3.38. The molecule has 0 aromatic heterocycles. The van der Waals surface area contributed by atoms with Gasteiger partial charge in [0, 0.05) is 25.6 Å². The second-order valence-electron chi connectivity index (χ2n) is 6.13. The van der Waals surface area contributed by atoms with Gasteiger partial charge in [0.1, 0.15) is 5.75 Å². The molecule has 1 amide bonds. The Kier molecular flexibility index (Phi) is 4.44. The van der Waals surface area contributed by atoms with Gasteiger partial charge >= 0.3 is 0 Å². The van der Waals surface area contributed by atoms with Crippen molar-refractivity contribution in [2.45, 2.75) is 25.7 Å². The van der Waals surface area contributed by atoms with Crippen molar-refractivity contribution in [1.29, 1.82) is 0 Å². The standard InChI is InChI=1S/C17H24N2O2/c1-19(10-6-13-4-8-18-9-5-13)17(20)15-2-3-16-14(12-15)7-11-21-16/h2-3,12-13,18H,4-11H2,1H3. The Morgan fingerprint density at radius 3 is 3.00 bits per heavy atom. The van der Waals surface area contributed by atoms with E-state index in [0.717, 1.165) is 61.9 Å². The molecule has 2 heterocycles. The zero-order chi connectivity index (χ0) is 14.7. The molecule has 114 valence electrons. The van der Waals surface area contributed by atoms with Crippen molar-refractivity contribution in [2.24, 2.45) is 5.92 Å². The largest absolute Gasteiger partial charge is 0.493 e. The maximum Gasteiger partial charge on any atom is 0.253 e. The molecule has 1 N–H and O–H groups in total. The van der Waals surface area contributed by atoms with Gasteiger partial charge in [0.15, 0.2) is 0 Å². The van der Waals surface area contributed by atoms with Gasteiger partial charge < -0.3 is 15.0 Å². The SMILES string of the molecule is CN(CCC1CCNCC1)C(=O)c1ccc2c(c1)CCO2. The number of ether oxygens (including phenoxy) is 1. The maximum absolute atomic E-state index is 12.5. The minimum atomic E-state index is 0.124. The second kappa shape index (κ2) is 6.48. The smallest absolute Gasteiger partial charge is 0.253 e. The van der Waals surface area contributed by atoms with E-state index in [1.54, 1.807) is 0 Å². The van der Waals surface area contributed by atoms with E-state index < -0.39 is 0 Å². The fourth-order valence-corrected chi connectivity index (χ4v) is 3.19. The van der Waals surface area contributed by atoms with E-state index in [1.807, 2.05) is 30.1 Å². The monoisotopic (exact) mass is 288 g/mol. The van der Waals surface area contributed by atoms with Crippen molar-refractivity contribution in [3.8, 4) is 5.75 Å². The van der Waals surface area contributed by atoms with E-state index in [4.69, 9.17) is 4.74 Å². The predicted molar refractivity (Wildman–Crippen MR) is 82.8 cm³/mol. The molecule has 1 aromatic rings. The lowest BCUT2D eigenvalue weighted by molar-refractivity contribution is 0.0784. The molecule has 1 fully saturated rings. The zero-order valence-corrected chi connectivity index (χ0v) is 12.7. The number of benzene rings is 1. The molecule has 2 aliphatic heterocycles. The molecule has 3 rings (SSSR count). The van der Waals surface area contributed by atoms with Crippen LogP contribution in [-0.2, 0) is 6.42 Å². The maximum atomic E-state index is 12.5. The molecule has 1 saturated heterocycles. The fraction of sp³-hybridized carbons (Fsp3) is 0.588. The summed E-state index contributed by atoms with van der Waals surface area (Å²) in [6.07, 6.45) is 4.49. The Hall–Kier alpha value is -1.55. The van der Waals surface area contributed by atoms with Crippen LogP contribution in [0.1, 0.15) is 35.2 Å². The normalized spacial score (nSPS) is 18.1. The van der Waals surface area contributed by atoms with Gasteiger partial charge in [0.2, 0.25) is 0 Å². The van der Waals surface area contributed by atoms with E-state index in [0.29, 0.717) is 0 Å². The van der Waals surface area contributed by atoms with E-state index in [1.165, 1.54) is 12.8 Å². The predicted octanol–water partition coefficient (Wildman–Crippen LogP) is 2.08. The summed E-state index contributed by atoms with van der Waals surface area (Å²) in [4.78, 5) is 14.4. The van der Waals surface area contributed by atoms with Crippen LogP contribution in [-0.4, -0.2) is 44.1 Å². The first-order valence-corrected chi connectivity index (χ1v) is 7.96. The molecule has 0 atom stereocenters. The van der Waals surface area contributed by atoms with Gasteiger partial charge in [-0.1, -0.05) is 0 Å². The summed E-state index contributed by atoms with van der Waals surface area (Å²) >= 11 is 0. The summed E-state index contributed by atoms with van der Waals surface area (Å²) < 4.78 is 5.49. The van der Waals surface area contributed by atoms with Crippen LogP contribution < -0.4 is 10.1 Å². The van der Waals surface area contributed by atoms with Crippen LogP contribution in [0.4, 0.5) is 0 Å².